The lowest BCUT2D eigenvalue weighted by molar-refractivity contribution is -0.164. The quantitative estimate of drug-likeness (QED) is 0.712. The van der Waals surface area contributed by atoms with E-state index in [1.165, 1.54) is 32.1 Å². The first-order valence-electron chi connectivity index (χ1n) is 12.9. The molecule has 1 heterocycles. The molecule has 0 spiro atoms. The summed E-state index contributed by atoms with van der Waals surface area (Å²) in [6.07, 6.45) is 13.9. The predicted molar refractivity (Wildman–Crippen MR) is 124 cm³/mol. The lowest BCUT2D eigenvalue weighted by atomic mass is 9.44. The highest BCUT2D eigenvalue weighted by Crippen LogP contribution is 2.68. The van der Waals surface area contributed by atoms with Crippen LogP contribution >= 0.6 is 0 Å². The number of Topliss-reactive ketones (excluding diaryl/α,β-unsaturated/α-hetero) is 1. The van der Waals surface area contributed by atoms with E-state index in [1.807, 2.05) is 24.0 Å². The molecule has 0 bridgehead atoms. The summed E-state index contributed by atoms with van der Waals surface area (Å²) in [6, 6.07) is 0. The fourth-order valence-corrected chi connectivity index (χ4v) is 9.07. The number of carbonyl (C=O) groups excluding carboxylic acids is 1. The van der Waals surface area contributed by atoms with Crippen molar-refractivity contribution in [3.05, 3.63) is 18.0 Å². The average Bonchev–Trinajstić information content (AvgIpc) is 3.31. The largest absolute Gasteiger partial charge is 0.387 e. The van der Waals surface area contributed by atoms with Crippen LogP contribution in [0.2, 0.25) is 0 Å². The molecule has 4 aliphatic carbocycles. The molecule has 0 saturated heterocycles. The monoisotopic (exact) mass is 442 g/mol. The Morgan fingerprint density at radius 2 is 1.91 bits per heavy atom. The van der Waals surface area contributed by atoms with Gasteiger partial charge < -0.3 is 9.84 Å². The lowest BCUT2D eigenvalue weighted by Crippen LogP contribution is -2.56. The molecule has 1 aromatic heterocycles. The number of aromatic nitrogens is 2. The van der Waals surface area contributed by atoms with Gasteiger partial charge in [0.25, 0.3) is 0 Å². The Morgan fingerprint density at radius 3 is 2.62 bits per heavy atom. The number of fused-ring (bicyclic) bond motifs is 5. The molecule has 178 valence electrons. The summed E-state index contributed by atoms with van der Waals surface area (Å²) in [7, 11) is 1.70. The fourth-order valence-electron chi connectivity index (χ4n) is 9.07. The first kappa shape index (κ1) is 22.6. The van der Waals surface area contributed by atoms with Crippen molar-refractivity contribution in [2.75, 3.05) is 13.7 Å². The standard InChI is InChI=1S/C27H42N2O3/c1-18-14-28-29(15-18)16-24(30)23-8-7-21-20-6-5-19-13-27(31,17-32-4)12-11-25(19,2)22(20)9-10-26(21,23)3/h14-15,19-23,31H,5-13,16-17H2,1-4H3/t19-,20-,21-,22-,23?,25-,26-,27+/m0/s1. The Labute approximate surface area is 193 Å². The van der Waals surface area contributed by atoms with Gasteiger partial charge in [-0.15, -0.1) is 0 Å². The summed E-state index contributed by atoms with van der Waals surface area (Å²) in [5, 5.41) is 15.4. The van der Waals surface area contributed by atoms with Crippen LogP contribution in [0, 0.1) is 47.3 Å². The second kappa shape index (κ2) is 7.94. The maximum atomic E-state index is 13.4. The number of aryl methyl sites for hydroxylation is 1. The highest BCUT2D eigenvalue weighted by Gasteiger charge is 2.62. The minimum absolute atomic E-state index is 0.148. The number of hydrogen-bond donors (Lipinski definition) is 1. The molecular formula is C27H42N2O3. The van der Waals surface area contributed by atoms with Crippen LogP contribution in [-0.2, 0) is 16.1 Å². The lowest BCUT2D eigenvalue weighted by Gasteiger charge is -2.62. The average molecular weight is 443 g/mol. The molecular weight excluding hydrogens is 400 g/mol. The predicted octanol–water partition coefficient (Wildman–Crippen LogP) is 4.80. The Balaban J connectivity index is 1.32. The van der Waals surface area contributed by atoms with E-state index in [1.54, 1.807) is 7.11 Å². The highest BCUT2D eigenvalue weighted by atomic mass is 16.5. The Hall–Kier alpha value is -1.20. The number of rotatable bonds is 5. The first-order valence-corrected chi connectivity index (χ1v) is 12.9. The van der Waals surface area contributed by atoms with Crippen molar-refractivity contribution in [3.8, 4) is 0 Å². The topological polar surface area (TPSA) is 64.3 Å². The van der Waals surface area contributed by atoms with Gasteiger partial charge in [0.1, 0.15) is 0 Å². The summed E-state index contributed by atoms with van der Waals surface area (Å²) in [5.74, 6) is 3.33. The summed E-state index contributed by atoms with van der Waals surface area (Å²) >= 11 is 0. The number of ether oxygens (including phenoxy) is 1. The molecule has 1 N–H and O–H groups in total. The van der Waals surface area contributed by atoms with Gasteiger partial charge in [-0.25, -0.2) is 0 Å². The summed E-state index contributed by atoms with van der Waals surface area (Å²) in [5.41, 5.74) is 0.960. The van der Waals surface area contributed by atoms with Gasteiger partial charge in [-0.3, -0.25) is 9.48 Å². The van der Waals surface area contributed by atoms with Gasteiger partial charge in [-0.1, -0.05) is 13.8 Å². The third-order valence-electron chi connectivity index (χ3n) is 10.7. The van der Waals surface area contributed by atoms with E-state index in [-0.39, 0.29) is 11.3 Å². The van der Waals surface area contributed by atoms with Gasteiger partial charge in [0.2, 0.25) is 0 Å². The van der Waals surface area contributed by atoms with Crippen molar-refractivity contribution in [2.45, 2.75) is 90.7 Å². The molecule has 8 atom stereocenters. The third kappa shape index (κ3) is 3.50. The van der Waals surface area contributed by atoms with Crippen molar-refractivity contribution in [1.82, 2.24) is 9.78 Å². The minimum Gasteiger partial charge on any atom is -0.387 e. The second-order valence-electron chi connectivity index (χ2n) is 12.4. The number of nitrogens with zero attached hydrogens (tertiary/aromatic N) is 2. The molecule has 5 heteroatoms. The first-order chi connectivity index (χ1) is 15.2. The molecule has 4 fully saturated rings. The molecule has 4 saturated carbocycles. The molecule has 0 amide bonds. The van der Waals surface area contributed by atoms with Crippen molar-refractivity contribution in [3.63, 3.8) is 0 Å². The molecule has 32 heavy (non-hydrogen) atoms. The van der Waals surface area contributed by atoms with Gasteiger partial charge in [0.15, 0.2) is 5.78 Å². The Kier molecular flexibility index (Phi) is 5.60. The van der Waals surface area contributed by atoms with Crippen molar-refractivity contribution < 1.29 is 14.6 Å². The zero-order valence-electron chi connectivity index (χ0n) is 20.5. The fraction of sp³-hybridized carbons (Fsp3) is 0.852. The van der Waals surface area contributed by atoms with Crippen LogP contribution in [-0.4, -0.2) is 40.0 Å². The van der Waals surface area contributed by atoms with Crippen molar-refractivity contribution in [1.29, 1.82) is 0 Å². The van der Waals surface area contributed by atoms with E-state index in [0.717, 1.165) is 43.1 Å². The van der Waals surface area contributed by atoms with Crippen molar-refractivity contribution in [2.24, 2.45) is 40.4 Å². The SMILES string of the molecule is COC[C@@]1(O)CC[C@@]2(C)[C@@H](CC[C@@H]3[C@@H]2CC[C@]2(C)C(C(=O)Cn4cc(C)cn4)CC[C@@H]32)C1. The van der Waals surface area contributed by atoms with Gasteiger partial charge in [-0.05, 0) is 105 Å². The Morgan fingerprint density at radius 1 is 1.12 bits per heavy atom. The van der Waals surface area contributed by atoms with Crippen LogP contribution in [0.1, 0.15) is 77.2 Å². The van der Waals surface area contributed by atoms with Crippen LogP contribution in [0.3, 0.4) is 0 Å². The van der Waals surface area contributed by atoms with Crippen LogP contribution in [0.4, 0.5) is 0 Å². The zero-order chi connectivity index (χ0) is 22.7. The van der Waals surface area contributed by atoms with Gasteiger partial charge in [-0.2, -0.15) is 5.10 Å². The minimum atomic E-state index is -0.634. The van der Waals surface area contributed by atoms with E-state index in [2.05, 4.69) is 18.9 Å². The molecule has 1 aromatic rings. The number of carbonyl (C=O) groups is 1. The van der Waals surface area contributed by atoms with Crippen LogP contribution in [0.15, 0.2) is 12.4 Å². The Bertz CT molecular complexity index is 867. The van der Waals surface area contributed by atoms with E-state index in [9.17, 15) is 9.90 Å². The molecule has 4 aliphatic rings. The van der Waals surface area contributed by atoms with Gasteiger partial charge >= 0.3 is 0 Å². The number of ketones is 1. The molecule has 0 aromatic carbocycles. The number of methoxy groups -OCH3 is 1. The number of hydrogen-bond acceptors (Lipinski definition) is 4. The maximum absolute atomic E-state index is 13.4. The van der Waals surface area contributed by atoms with Crippen LogP contribution in [0.5, 0.6) is 0 Å². The highest BCUT2D eigenvalue weighted by molar-refractivity contribution is 5.82. The zero-order valence-corrected chi connectivity index (χ0v) is 20.5. The molecule has 5 nitrogen and oxygen atoms in total. The van der Waals surface area contributed by atoms with E-state index in [0.29, 0.717) is 36.2 Å². The van der Waals surface area contributed by atoms with Crippen LogP contribution in [0.25, 0.3) is 0 Å². The maximum Gasteiger partial charge on any atom is 0.157 e. The molecule has 0 aliphatic heterocycles. The summed E-state index contributed by atoms with van der Waals surface area (Å²) < 4.78 is 7.19. The summed E-state index contributed by atoms with van der Waals surface area (Å²) in [6.45, 7) is 7.88. The van der Waals surface area contributed by atoms with Crippen molar-refractivity contribution >= 4 is 5.78 Å². The molecule has 5 rings (SSSR count). The van der Waals surface area contributed by atoms with E-state index < -0.39 is 5.60 Å². The number of aliphatic hydroxyl groups is 1. The smallest absolute Gasteiger partial charge is 0.157 e. The normalized spacial score (nSPS) is 45.7. The molecule has 1 unspecified atom stereocenters. The van der Waals surface area contributed by atoms with E-state index >= 15 is 0 Å². The molecule has 0 radical (unpaired) electrons. The third-order valence-corrected chi connectivity index (χ3v) is 10.7. The van der Waals surface area contributed by atoms with Gasteiger partial charge in [0.05, 0.1) is 24.9 Å². The summed E-state index contributed by atoms with van der Waals surface area (Å²) in [4.78, 5) is 13.4. The van der Waals surface area contributed by atoms with E-state index in [4.69, 9.17) is 4.74 Å². The second-order valence-corrected chi connectivity index (χ2v) is 12.4. The van der Waals surface area contributed by atoms with Gasteiger partial charge in [0, 0.05) is 19.2 Å². The van der Waals surface area contributed by atoms with Crippen LogP contribution < -0.4 is 0 Å².